The van der Waals surface area contributed by atoms with E-state index in [9.17, 15) is 4.39 Å². The number of aromatic nitrogens is 3. The van der Waals surface area contributed by atoms with Crippen molar-refractivity contribution >= 4 is 28.5 Å². The number of halogens is 2. The van der Waals surface area contributed by atoms with Gasteiger partial charge in [-0.1, -0.05) is 11.6 Å². The highest BCUT2D eigenvalue weighted by Crippen LogP contribution is 2.30. The molecule has 0 radical (unpaired) electrons. The standard InChI is InChI=1S/C18H18ClFN6O2/c1-10(21)17(25-22)11-5-15(18-13(19)7-24-26(18)8-11)28-9-16(27-2)14-4-3-12(20)6-23-14/h3-8,16,21H,9,22H2,1-2H3/b21-10?,25-17+. The van der Waals surface area contributed by atoms with E-state index in [1.165, 1.54) is 30.0 Å². The quantitative estimate of drug-likeness (QED) is 0.357. The van der Waals surface area contributed by atoms with Crippen molar-refractivity contribution in [1.29, 1.82) is 5.41 Å². The molecule has 8 nitrogen and oxygen atoms in total. The molecular formula is C18H18ClFN6O2. The largest absolute Gasteiger partial charge is 0.488 e. The molecular weight excluding hydrogens is 387 g/mol. The summed E-state index contributed by atoms with van der Waals surface area (Å²) >= 11 is 6.24. The lowest BCUT2D eigenvalue weighted by molar-refractivity contribution is 0.0549. The lowest BCUT2D eigenvalue weighted by Gasteiger charge is -2.17. The van der Waals surface area contributed by atoms with Crippen molar-refractivity contribution in [3.05, 3.63) is 58.9 Å². The smallest absolute Gasteiger partial charge is 0.147 e. The van der Waals surface area contributed by atoms with Crippen LogP contribution in [0.3, 0.4) is 0 Å². The van der Waals surface area contributed by atoms with Crippen LogP contribution in [0.1, 0.15) is 24.3 Å². The van der Waals surface area contributed by atoms with Gasteiger partial charge in [0.1, 0.15) is 35.5 Å². The van der Waals surface area contributed by atoms with Gasteiger partial charge in [0, 0.05) is 18.9 Å². The summed E-state index contributed by atoms with van der Waals surface area (Å²) in [5.74, 6) is 5.40. The maximum Gasteiger partial charge on any atom is 0.147 e. The number of nitrogens with zero attached hydrogens (tertiary/aromatic N) is 4. The van der Waals surface area contributed by atoms with E-state index >= 15 is 0 Å². The number of rotatable bonds is 7. The molecule has 3 aromatic rings. The van der Waals surface area contributed by atoms with Gasteiger partial charge in [0.2, 0.25) is 0 Å². The van der Waals surface area contributed by atoms with Crippen molar-refractivity contribution in [1.82, 2.24) is 14.6 Å². The first-order valence-electron chi connectivity index (χ1n) is 8.22. The Labute approximate surface area is 165 Å². The molecule has 0 amide bonds. The van der Waals surface area contributed by atoms with Gasteiger partial charge >= 0.3 is 0 Å². The molecule has 0 aliphatic rings. The minimum absolute atomic E-state index is 0.0917. The van der Waals surface area contributed by atoms with E-state index in [1.807, 2.05) is 0 Å². The SMILES string of the molecule is COC(COc1cc(/C(=N/N)C(C)=N)cn2ncc(Cl)c12)c1ccc(F)cn1. The Balaban J connectivity index is 1.95. The Morgan fingerprint density at radius 3 is 2.82 bits per heavy atom. The minimum atomic E-state index is -0.530. The summed E-state index contributed by atoms with van der Waals surface area (Å²) in [6, 6.07) is 4.51. The topological polar surface area (TPSA) is 111 Å². The van der Waals surface area contributed by atoms with Gasteiger partial charge in [-0.3, -0.25) is 4.98 Å². The Hall–Kier alpha value is -3.04. The molecule has 28 heavy (non-hydrogen) atoms. The number of hydrogen-bond donors (Lipinski definition) is 2. The van der Waals surface area contributed by atoms with Crippen LogP contribution in [0, 0.1) is 11.2 Å². The molecule has 1 atom stereocenters. The van der Waals surface area contributed by atoms with E-state index in [-0.39, 0.29) is 12.3 Å². The molecule has 0 saturated heterocycles. The van der Waals surface area contributed by atoms with E-state index in [0.717, 1.165) is 6.20 Å². The van der Waals surface area contributed by atoms with Gasteiger partial charge in [-0.2, -0.15) is 10.2 Å². The first kappa shape index (κ1) is 19.7. The van der Waals surface area contributed by atoms with Gasteiger partial charge in [-0.15, -0.1) is 0 Å². The van der Waals surface area contributed by atoms with Crippen molar-refractivity contribution in [2.75, 3.05) is 13.7 Å². The highest BCUT2D eigenvalue weighted by molar-refractivity contribution is 6.46. The van der Waals surface area contributed by atoms with Crippen LogP contribution in [0.5, 0.6) is 5.75 Å². The number of pyridine rings is 2. The number of hydrazone groups is 1. The summed E-state index contributed by atoms with van der Waals surface area (Å²) in [4.78, 5) is 4.03. The number of nitrogens with two attached hydrogens (primary N) is 1. The summed E-state index contributed by atoms with van der Waals surface area (Å²) in [7, 11) is 1.51. The second-order valence-corrected chi connectivity index (χ2v) is 6.33. The first-order valence-corrected chi connectivity index (χ1v) is 8.60. The van der Waals surface area contributed by atoms with E-state index in [1.54, 1.807) is 19.2 Å². The van der Waals surface area contributed by atoms with Crippen molar-refractivity contribution in [3.8, 4) is 5.75 Å². The van der Waals surface area contributed by atoms with Gasteiger partial charge in [-0.25, -0.2) is 8.91 Å². The molecule has 1 unspecified atom stereocenters. The van der Waals surface area contributed by atoms with Crippen LogP contribution in [-0.2, 0) is 4.74 Å². The monoisotopic (exact) mass is 404 g/mol. The molecule has 0 spiro atoms. The number of fused-ring (bicyclic) bond motifs is 1. The molecule has 0 saturated carbocycles. The van der Waals surface area contributed by atoms with Crippen LogP contribution < -0.4 is 10.6 Å². The molecule has 0 bridgehead atoms. The second kappa shape index (κ2) is 8.32. The van der Waals surface area contributed by atoms with Crippen LogP contribution in [-0.4, -0.2) is 39.7 Å². The van der Waals surface area contributed by atoms with Crippen LogP contribution in [0.2, 0.25) is 5.02 Å². The van der Waals surface area contributed by atoms with Crippen LogP contribution in [0.25, 0.3) is 5.52 Å². The van der Waals surface area contributed by atoms with Crippen molar-refractivity contribution < 1.29 is 13.9 Å². The summed E-state index contributed by atoms with van der Waals surface area (Å²) in [5, 5.41) is 16.1. The van der Waals surface area contributed by atoms with E-state index < -0.39 is 11.9 Å². The average Bonchev–Trinajstić information content (AvgIpc) is 3.05. The van der Waals surface area contributed by atoms with E-state index in [4.69, 9.17) is 32.3 Å². The number of ether oxygens (including phenoxy) is 2. The third-order valence-corrected chi connectivity index (χ3v) is 4.32. The maximum absolute atomic E-state index is 13.1. The van der Waals surface area contributed by atoms with Gasteiger partial charge in [0.25, 0.3) is 0 Å². The summed E-state index contributed by atoms with van der Waals surface area (Å²) in [6.45, 7) is 1.67. The van der Waals surface area contributed by atoms with E-state index in [0.29, 0.717) is 33.3 Å². The van der Waals surface area contributed by atoms with Gasteiger partial charge in [0.05, 0.1) is 28.8 Å². The number of hydrogen-bond acceptors (Lipinski definition) is 7. The van der Waals surface area contributed by atoms with Crippen LogP contribution >= 0.6 is 11.6 Å². The zero-order valence-corrected chi connectivity index (χ0v) is 15.9. The van der Waals surface area contributed by atoms with Crippen molar-refractivity contribution in [2.45, 2.75) is 13.0 Å². The minimum Gasteiger partial charge on any atom is -0.488 e. The molecule has 10 heteroatoms. The van der Waals surface area contributed by atoms with Gasteiger partial charge in [-0.05, 0) is 25.1 Å². The Morgan fingerprint density at radius 1 is 1.43 bits per heavy atom. The fraction of sp³-hybridized carbons (Fsp3) is 0.222. The molecule has 0 aliphatic carbocycles. The third kappa shape index (κ3) is 3.95. The number of methoxy groups -OCH3 is 1. The zero-order chi connectivity index (χ0) is 20.3. The molecule has 3 aromatic heterocycles. The normalized spacial score (nSPS) is 12.9. The lowest BCUT2D eigenvalue weighted by atomic mass is 10.1. The summed E-state index contributed by atoms with van der Waals surface area (Å²) < 4.78 is 26.0. The molecule has 0 aromatic carbocycles. The Bertz CT molecular complexity index is 1030. The average molecular weight is 405 g/mol. The molecule has 3 rings (SSSR count). The van der Waals surface area contributed by atoms with Crippen LogP contribution in [0.4, 0.5) is 4.39 Å². The third-order valence-electron chi connectivity index (χ3n) is 4.04. The molecule has 0 fully saturated rings. The highest BCUT2D eigenvalue weighted by atomic mass is 35.5. The second-order valence-electron chi connectivity index (χ2n) is 5.92. The summed E-state index contributed by atoms with van der Waals surface area (Å²) in [5.41, 5.74) is 2.10. The fourth-order valence-electron chi connectivity index (χ4n) is 2.69. The first-order chi connectivity index (χ1) is 13.4. The Morgan fingerprint density at radius 2 is 2.21 bits per heavy atom. The molecule has 146 valence electrons. The predicted molar refractivity (Wildman–Crippen MR) is 104 cm³/mol. The highest BCUT2D eigenvalue weighted by Gasteiger charge is 2.18. The fourth-order valence-corrected chi connectivity index (χ4v) is 2.92. The van der Waals surface area contributed by atoms with Gasteiger partial charge < -0.3 is 20.7 Å². The van der Waals surface area contributed by atoms with Crippen molar-refractivity contribution in [2.24, 2.45) is 10.9 Å². The molecule has 0 aliphatic heterocycles. The number of nitrogens with one attached hydrogen (secondary N) is 1. The summed E-state index contributed by atoms with van der Waals surface area (Å²) in [6.07, 6.45) is 3.73. The van der Waals surface area contributed by atoms with Crippen molar-refractivity contribution in [3.63, 3.8) is 0 Å². The lowest BCUT2D eigenvalue weighted by Crippen LogP contribution is -2.16. The van der Waals surface area contributed by atoms with Gasteiger partial charge in [0.15, 0.2) is 0 Å². The zero-order valence-electron chi connectivity index (χ0n) is 15.2. The maximum atomic E-state index is 13.1. The predicted octanol–water partition coefficient (Wildman–Crippen LogP) is 2.99. The molecule has 3 N–H and O–H groups in total. The van der Waals surface area contributed by atoms with E-state index in [2.05, 4.69) is 15.2 Å². The Kier molecular flexibility index (Phi) is 5.86. The van der Waals surface area contributed by atoms with Crippen LogP contribution in [0.15, 0.2) is 41.9 Å². The molecule has 3 heterocycles.